The molecule has 1 N–H and O–H groups in total. The molecule has 0 saturated carbocycles. The van der Waals surface area contributed by atoms with Gasteiger partial charge in [-0.05, 0) is 42.5 Å². The van der Waals surface area contributed by atoms with Crippen molar-refractivity contribution in [3.05, 3.63) is 89.5 Å². The molecule has 1 aromatic heterocycles. The first-order valence-electron chi connectivity index (χ1n) is 9.53. The summed E-state index contributed by atoms with van der Waals surface area (Å²) in [7, 11) is 0. The predicted octanol–water partition coefficient (Wildman–Crippen LogP) is 3.91. The van der Waals surface area contributed by atoms with Crippen LogP contribution in [-0.2, 0) is 24.2 Å². The van der Waals surface area contributed by atoms with Crippen LogP contribution in [0.15, 0.2) is 67.1 Å². The van der Waals surface area contributed by atoms with Gasteiger partial charge < -0.3 is 9.88 Å². The lowest BCUT2D eigenvalue weighted by Gasteiger charge is -2.09. The van der Waals surface area contributed by atoms with Gasteiger partial charge in [-0.25, -0.2) is 4.98 Å². The summed E-state index contributed by atoms with van der Waals surface area (Å²) in [5.74, 6) is 0.0687. The molecule has 5 nitrogen and oxygen atoms in total. The maximum Gasteiger partial charge on any atom is 0.220 e. The van der Waals surface area contributed by atoms with E-state index in [1.165, 1.54) is 5.56 Å². The van der Waals surface area contributed by atoms with Crippen molar-refractivity contribution in [2.45, 2.75) is 32.2 Å². The lowest BCUT2D eigenvalue weighted by atomic mass is 10.1. The normalized spacial score (nSPS) is 10.0. The van der Waals surface area contributed by atoms with Gasteiger partial charge in [0.15, 0.2) is 0 Å². The highest BCUT2D eigenvalue weighted by molar-refractivity contribution is 5.85. The second-order valence-electron chi connectivity index (χ2n) is 6.76. The van der Waals surface area contributed by atoms with Crippen molar-refractivity contribution in [1.82, 2.24) is 14.9 Å². The molecule has 0 aliphatic rings. The molecule has 29 heavy (non-hydrogen) atoms. The number of hydrogen-bond donors (Lipinski definition) is 1. The van der Waals surface area contributed by atoms with Gasteiger partial charge in [0.1, 0.15) is 0 Å². The van der Waals surface area contributed by atoms with Gasteiger partial charge in [0.2, 0.25) is 5.91 Å². The van der Waals surface area contributed by atoms with Crippen LogP contribution < -0.4 is 5.32 Å². The fraction of sp³-hybridized carbons (Fsp3) is 0.261. The van der Waals surface area contributed by atoms with E-state index in [9.17, 15) is 4.79 Å². The van der Waals surface area contributed by atoms with Gasteiger partial charge in [0.05, 0.1) is 18.0 Å². The molecule has 2 aromatic carbocycles. The number of imidazole rings is 1. The zero-order valence-corrected chi connectivity index (χ0v) is 17.1. The van der Waals surface area contributed by atoms with E-state index in [-0.39, 0.29) is 18.3 Å². The van der Waals surface area contributed by atoms with Gasteiger partial charge in [-0.15, -0.1) is 12.4 Å². The number of aromatic nitrogens is 2. The van der Waals surface area contributed by atoms with Crippen molar-refractivity contribution in [1.29, 1.82) is 5.26 Å². The maximum atomic E-state index is 12.1. The first kappa shape index (κ1) is 22.2. The minimum atomic E-state index is 0. The van der Waals surface area contributed by atoms with Gasteiger partial charge in [0.25, 0.3) is 0 Å². The van der Waals surface area contributed by atoms with Crippen LogP contribution in [0.25, 0.3) is 0 Å². The van der Waals surface area contributed by atoms with Crippen molar-refractivity contribution < 1.29 is 4.79 Å². The molecule has 0 unspecified atom stereocenters. The summed E-state index contributed by atoms with van der Waals surface area (Å²) >= 11 is 0. The summed E-state index contributed by atoms with van der Waals surface area (Å²) in [6.45, 7) is 1.37. The lowest BCUT2D eigenvalue weighted by Crippen LogP contribution is -2.25. The number of halogens is 1. The fourth-order valence-electron chi connectivity index (χ4n) is 3.08. The molecule has 0 radical (unpaired) electrons. The Morgan fingerprint density at radius 3 is 2.52 bits per heavy atom. The van der Waals surface area contributed by atoms with Gasteiger partial charge in [-0.2, -0.15) is 5.26 Å². The number of nitrogens with one attached hydrogen (secondary N) is 1. The molecule has 0 atom stereocenters. The molecule has 0 aliphatic heterocycles. The molecular weight excluding hydrogens is 384 g/mol. The van der Waals surface area contributed by atoms with Crippen LogP contribution in [0.4, 0.5) is 0 Å². The Kier molecular flexibility index (Phi) is 8.94. The Labute approximate surface area is 177 Å². The quantitative estimate of drug-likeness (QED) is 0.546. The zero-order chi connectivity index (χ0) is 19.6. The molecular formula is C23H25ClN4O. The minimum Gasteiger partial charge on any atom is -0.356 e. The summed E-state index contributed by atoms with van der Waals surface area (Å²) < 4.78 is 2.05. The lowest BCUT2D eigenvalue weighted by molar-refractivity contribution is -0.121. The van der Waals surface area contributed by atoms with E-state index in [1.807, 2.05) is 53.2 Å². The summed E-state index contributed by atoms with van der Waals surface area (Å²) in [4.78, 5) is 16.3. The number of rotatable bonds is 9. The second-order valence-corrected chi connectivity index (χ2v) is 6.76. The molecule has 3 rings (SSSR count). The summed E-state index contributed by atoms with van der Waals surface area (Å²) in [6, 6.07) is 19.9. The average Bonchev–Trinajstić information content (AvgIpc) is 3.18. The number of benzene rings is 2. The second kappa shape index (κ2) is 11.7. The Bertz CT molecular complexity index is 930. The van der Waals surface area contributed by atoms with Crippen molar-refractivity contribution >= 4 is 18.3 Å². The van der Waals surface area contributed by atoms with Crippen LogP contribution >= 0.6 is 12.4 Å². The highest BCUT2D eigenvalue weighted by Crippen LogP contribution is 2.10. The minimum absolute atomic E-state index is 0. The first-order chi connectivity index (χ1) is 13.7. The van der Waals surface area contributed by atoms with E-state index in [4.69, 9.17) is 5.26 Å². The number of carbonyl (C=O) groups is 1. The Hall–Kier alpha value is -3.10. The third-order valence-electron chi connectivity index (χ3n) is 4.65. The molecule has 0 aliphatic carbocycles. The third-order valence-corrected chi connectivity index (χ3v) is 4.65. The maximum absolute atomic E-state index is 12.1. The predicted molar refractivity (Wildman–Crippen MR) is 116 cm³/mol. The van der Waals surface area contributed by atoms with E-state index in [1.54, 1.807) is 6.33 Å². The number of amides is 1. The van der Waals surface area contributed by atoms with Crippen LogP contribution in [0.2, 0.25) is 0 Å². The highest BCUT2D eigenvalue weighted by atomic mass is 35.5. The Morgan fingerprint density at radius 2 is 1.79 bits per heavy atom. The molecule has 3 aromatic rings. The summed E-state index contributed by atoms with van der Waals surface area (Å²) in [6.07, 6.45) is 6.60. The third kappa shape index (κ3) is 7.10. The van der Waals surface area contributed by atoms with Gasteiger partial charge in [0, 0.05) is 31.4 Å². The van der Waals surface area contributed by atoms with E-state index in [2.05, 4.69) is 28.5 Å². The summed E-state index contributed by atoms with van der Waals surface area (Å²) in [5, 5.41) is 11.9. The van der Waals surface area contributed by atoms with Crippen molar-refractivity contribution in [3.63, 3.8) is 0 Å². The van der Waals surface area contributed by atoms with Gasteiger partial charge in [-0.3, -0.25) is 4.79 Å². The Balaban J connectivity index is 0.00000300. The molecule has 0 saturated heterocycles. The molecule has 1 heterocycles. The van der Waals surface area contributed by atoms with Crippen LogP contribution in [-0.4, -0.2) is 22.0 Å². The molecule has 0 spiro atoms. The molecule has 150 valence electrons. The van der Waals surface area contributed by atoms with Gasteiger partial charge in [-0.1, -0.05) is 42.5 Å². The van der Waals surface area contributed by atoms with E-state index in [0.29, 0.717) is 31.5 Å². The van der Waals surface area contributed by atoms with Crippen molar-refractivity contribution in [2.75, 3.05) is 6.54 Å². The Morgan fingerprint density at radius 1 is 1.03 bits per heavy atom. The average molecular weight is 409 g/mol. The number of nitriles is 1. The standard InChI is InChI=1S/C23H24N4O.ClH/c24-15-20-8-10-21(11-9-20)17-27-18-25-16-22(27)12-13-23(28)26-14-4-7-19-5-2-1-3-6-19;/h1-3,5-6,8-11,16,18H,4,7,12-14,17H2,(H,26,28);1H. The van der Waals surface area contributed by atoms with Crippen molar-refractivity contribution in [2.24, 2.45) is 0 Å². The van der Waals surface area contributed by atoms with Gasteiger partial charge >= 0.3 is 0 Å². The van der Waals surface area contributed by atoms with Crippen LogP contribution in [0.3, 0.4) is 0 Å². The number of aryl methyl sites for hydroxylation is 2. The number of hydrogen-bond acceptors (Lipinski definition) is 3. The van der Waals surface area contributed by atoms with E-state index >= 15 is 0 Å². The van der Waals surface area contributed by atoms with E-state index in [0.717, 1.165) is 24.1 Å². The molecule has 1 amide bonds. The van der Waals surface area contributed by atoms with Crippen LogP contribution in [0, 0.1) is 11.3 Å². The fourth-order valence-corrected chi connectivity index (χ4v) is 3.08. The highest BCUT2D eigenvalue weighted by Gasteiger charge is 2.07. The summed E-state index contributed by atoms with van der Waals surface area (Å²) in [5.41, 5.74) is 4.08. The smallest absolute Gasteiger partial charge is 0.220 e. The van der Waals surface area contributed by atoms with Crippen LogP contribution in [0.1, 0.15) is 35.2 Å². The number of carbonyl (C=O) groups excluding carboxylic acids is 1. The largest absolute Gasteiger partial charge is 0.356 e. The molecule has 0 bridgehead atoms. The zero-order valence-electron chi connectivity index (χ0n) is 16.3. The van der Waals surface area contributed by atoms with Crippen LogP contribution in [0.5, 0.6) is 0 Å². The van der Waals surface area contributed by atoms with Crippen molar-refractivity contribution in [3.8, 4) is 6.07 Å². The molecule has 0 fully saturated rings. The number of nitrogens with zero attached hydrogens (tertiary/aromatic N) is 3. The van der Waals surface area contributed by atoms with E-state index < -0.39 is 0 Å². The molecule has 6 heteroatoms. The first-order valence-corrected chi connectivity index (χ1v) is 9.53. The monoisotopic (exact) mass is 408 g/mol. The topological polar surface area (TPSA) is 70.7 Å². The SMILES string of the molecule is Cl.N#Cc1ccc(Cn2cncc2CCC(=O)NCCCc2ccccc2)cc1.